The second-order valence-corrected chi connectivity index (χ2v) is 3.10. The number of nitrogen functional groups attached to an aromatic ring is 1. The van der Waals surface area contributed by atoms with Crippen molar-refractivity contribution in [2.75, 3.05) is 32.0 Å². The van der Waals surface area contributed by atoms with Crippen LogP contribution in [0, 0.1) is 0 Å². The lowest BCUT2D eigenvalue weighted by atomic mass is 10.2. The SMILES string of the molecule is Nc1[nH]ncc1C(=O)N1CCOCC1. The van der Waals surface area contributed by atoms with Crippen LogP contribution < -0.4 is 5.73 Å². The molecule has 0 spiro atoms. The van der Waals surface area contributed by atoms with Crippen LogP contribution in [0.3, 0.4) is 0 Å². The topological polar surface area (TPSA) is 84.2 Å². The van der Waals surface area contributed by atoms with Gasteiger partial charge < -0.3 is 15.4 Å². The number of nitrogens with two attached hydrogens (primary N) is 1. The van der Waals surface area contributed by atoms with E-state index in [1.165, 1.54) is 6.20 Å². The number of nitrogens with zero attached hydrogens (tertiary/aromatic N) is 2. The molecule has 3 N–H and O–H groups in total. The summed E-state index contributed by atoms with van der Waals surface area (Å²) in [7, 11) is 0. The Kier molecular flexibility index (Phi) is 2.36. The van der Waals surface area contributed by atoms with Gasteiger partial charge in [0, 0.05) is 13.1 Å². The van der Waals surface area contributed by atoms with Crippen LogP contribution >= 0.6 is 0 Å². The molecule has 0 aliphatic carbocycles. The number of rotatable bonds is 1. The predicted molar refractivity (Wildman–Crippen MR) is 49.7 cm³/mol. The zero-order valence-electron chi connectivity index (χ0n) is 7.69. The van der Waals surface area contributed by atoms with Gasteiger partial charge in [0.1, 0.15) is 11.4 Å². The Labute approximate surface area is 81.0 Å². The zero-order valence-corrected chi connectivity index (χ0v) is 7.69. The van der Waals surface area contributed by atoms with Crippen molar-refractivity contribution in [2.24, 2.45) is 0 Å². The molecule has 0 saturated carbocycles. The quantitative estimate of drug-likeness (QED) is 0.632. The normalized spacial score (nSPS) is 17.0. The van der Waals surface area contributed by atoms with E-state index in [1.54, 1.807) is 4.90 Å². The van der Waals surface area contributed by atoms with E-state index < -0.39 is 0 Å². The van der Waals surface area contributed by atoms with Crippen molar-refractivity contribution in [3.05, 3.63) is 11.8 Å². The minimum absolute atomic E-state index is 0.0837. The molecule has 0 bridgehead atoms. The summed E-state index contributed by atoms with van der Waals surface area (Å²) >= 11 is 0. The number of carbonyl (C=O) groups excluding carboxylic acids is 1. The van der Waals surface area contributed by atoms with Crippen molar-refractivity contribution in [2.45, 2.75) is 0 Å². The fourth-order valence-electron chi connectivity index (χ4n) is 1.40. The lowest BCUT2D eigenvalue weighted by Gasteiger charge is -2.26. The third-order valence-electron chi connectivity index (χ3n) is 2.20. The fourth-order valence-corrected chi connectivity index (χ4v) is 1.40. The molecule has 0 unspecified atom stereocenters. The first-order chi connectivity index (χ1) is 6.79. The molecule has 14 heavy (non-hydrogen) atoms. The van der Waals surface area contributed by atoms with E-state index in [0.717, 1.165) is 0 Å². The van der Waals surface area contributed by atoms with Crippen molar-refractivity contribution < 1.29 is 9.53 Å². The third kappa shape index (κ3) is 1.56. The third-order valence-corrected chi connectivity index (χ3v) is 2.20. The van der Waals surface area contributed by atoms with Crippen LogP contribution in [-0.4, -0.2) is 47.3 Å². The average Bonchev–Trinajstić information content (AvgIpc) is 2.65. The number of anilines is 1. The molecular formula is C8H12N4O2. The maximum absolute atomic E-state index is 11.8. The highest BCUT2D eigenvalue weighted by molar-refractivity contribution is 5.98. The summed E-state index contributed by atoms with van der Waals surface area (Å²) in [5.74, 6) is 0.237. The molecule has 6 heteroatoms. The van der Waals surface area contributed by atoms with Gasteiger partial charge in [-0.25, -0.2) is 0 Å². The number of amides is 1. The van der Waals surface area contributed by atoms with Crippen molar-refractivity contribution in [3.8, 4) is 0 Å². The monoisotopic (exact) mass is 196 g/mol. The van der Waals surface area contributed by atoms with Gasteiger partial charge in [-0.05, 0) is 0 Å². The lowest BCUT2D eigenvalue weighted by molar-refractivity contribution is 0.0303. The summed E-state index contributed by atoms with van der Waals surface area (Å²) in [5.41, 5.74) is 5.99. The van der Waals surface area contributed by atoms with Crippen molar-refractivity contribution >= 4 is 11.7 Å². The molecule has 76 valence electrons. The number of hydrogen-bond donors (Lipinski definition) is 2. The number of H-pyrrole nitrogens is 1. The van der Waals surface area contributed by atoms with Crippen molar-refractivity contribution in [3.63, 3.8) is 0 Å². The van der Waals surface area contributed by atoms with E-state index in [-0.39, 0.29) is 5.91 Å². The number of nitrogens with one attached hydrogen (secondary N) is 1. The molecule has 0 radical (unpaired) electrons. The molecule has 1 aromatic heterocycles. The van der Waals surface area contributed by atoms with Crippen LogP contribution in [0.25, 0.3) is 0 Å². The van der Waals surface area contributed by atoms with E-state index >= 15 is 0 Å². The average molecular weight is 196 g/mol. The van der Waals surface area contributed by atoms with Gasteiger partial charge in [0.25, 0.3) is 5.91 Å². The Morgan fingerprint density at radius 3 is 2.86 bits per heavy atom. The smallest absolute Gasteiger partial charge is 0.259 e. The molecule has 6 nitrogen and oxygen atoms in total. The first-order valence-electron chi connectivity index (χ1n) is 4.45. The highest BCUT2D eigenvalue weighted by atomic mass is 16.5. The number of hydrogen-bond acceptors (Lipinski definition) is 4. The van der Waals surface area contributed by atoms with Crippen LogP contribution in [-0.2, 0) is 4.74 Å². The standard InChI is InChI=1S/C8H12N4O2/c9-7-6(5-10-11-7)8(13)12-1-3-14-4-2-12/h5H,1-4H2,(H3,9,10,11). The summed E-state index contributed by atoms with van der Waals surface area (Å²) < 4.78 is 5.15. The van der Waals surface area contributed by atoms with E-state index in [1.807, 2.05) is 0 Å². The molecule has 1 fully saturated rings. The molecule has 1 aliphatic heterocycles. The Hall–Kier alpha value is -1.56. The first kappa shape index (κ1) is 9.01. The highest BCUT2D eigenvalue weighted by Crippen LogP contribution is 2.11. The van der Waals surface area contributed by atoms with Crippen molar-refractivity contribution in [1.29, 1.82) is 0 Å². The van der Waals surface area contributed by atoms with Gasteiger partial charge >= 0.3 is 0 Å². The second-order valence-electron chi connectivity index (χ2n) is 3.10. The molecule has 2 heterocycles. The second kappa shape index (κ2) is 3.67. The van der Waals surface area contributed by atoms with Crippen LogP contribution in [0.1, 0.15) is 10.4 Å². The zero-order chi connectivity index (χ0) is 9.97. The molecule has 1 aliphatic rings. The summed E-state index contributed by atoms with van der Waals surface area (Å²) in [6.07, 6.45) is 1.45. The fraction of sp³-hybridized carbons (Fsp3) is 0.500. The molecule has 1 saturated heterocycles. The Morgan fingerprint density at radius 2 is 2.29 bits per heavy atom. The number of aromatic amines is 1. The first-order valence-corrected chi connectivity index (χ1v) is 4.45. The number of ether oxygens (including phenoxy) is 1. The van der Waals surface area contributed by atoms with E-state index in [0.29, 0.717) is 37.7 Å². The van der Waals surface area contributed by atoms with Crippen LogP contribution in [0.15, 0.2) is 6.20 Å². The van der Waals surface area contributed by atoms with Crippen LogP contribution in [0.5, 0.6) is 0 Å². The maximum Gasteiger partial charge on any atom is 0.259 e. The van der Waals surface area contributed by atoms with E-state index in [4.69, 9.17) is 10.5 Å². The summed E-state index contributed by atoms with van der Waals surface area (Å²) in [6.45, 7) is 2.40. The van der Waals surface area contributed by atoms with Crippen molar-refractivity contribution in [1.82, 2.24) is 15.1 Å². The van der Waals surface area contributed by atoms with E-state index in [9.17, 15) is 4.79 Å². The van der Waals surface area contributed by atoms with Crippen LogP contribution in [0.4, 0.5) is 5.82 Å². The van der Waals surface area contributed by atoms with Gasteiger partial charge in [0.2, 0.25) is 0 Å². The van der Waals surface area contributed by atoms with Crippen LogP contribution in [0.2, 0.25) is 0 Å². The summed E-state index contributed by atoms with van der Waals surface area (Å²) in [6, 6.07) is 0. The molecule has 1 aromatic rings. The van der Waals surface area contributed by atoms with Gasteiger partial charge in [0.05, 0.1) is 19.4 Å². The molecule has 1 amide bonds. The molecule has 0 aromatic carbocycles. The minimum Gasteiger partial charge on any atom is -0.383 e. The Balaban J connectivity index is 2.11. The Morgan fingerprint density at radius 1 is 1.57 bits per heavy atom. The van der Waals surface area contributed by atoms with Gasteiger partial charge in [-0.15, -0.1) is 0 Å². The van der Waals surface area contributed by atoms with E-state index in [2.05, 4.69) is 10.2 Å². The molecular weight excluding hydrogens is 184 g/mol. The largest absolute Gasteiger partial charge is 0.383 e. The van der Waals surface area contributed by atoms with Gasteiger partial charge in [-0.2, -0.15) is 5.10 Å². The lowest BCUT2D eigenvalue weighted by Crippen LogP contribution is -2.40. The maximum atomic E-state index is 11.8. The number of morpholine rings is 1. The summed E-state index contributed by atoms with van der Waals surface area (Å²) in [4.78, 5) is 13.5. The molecule has 0 atom stereocenters. The van der Waals surface area contributed by atoms with Gasteiger partial charge in [0.15, 0.2) is 0 Å². The minimum atomic E-state index is -0.0837. The highest BCUT2D eigenvalue weighted by Gasteiger charge is 2.21. The van der Waals surface area contributed by atoms with Gasteiger partial charge in [-0.3, -0.25) is 9.89 Å². The Bertz CT molecular complexity index is 330. The number of aromatic nitrogens is 2. The summed E-state index contributed by atoms with van der Waals surface area (Å²) in [5, 5.41) is 6.25. The van der Waals surface area contributed by atoms with Gasteiger partial charge in [-0.1, -0.05) is 0 Å². The number of carbonyl (C=O) groups is 1. The predicted octanol–water partition coefficient (Wildman–Crippen LogP) is -0.536. The molecule has 2 rings (SSSR count).